The van der Waals surface area contributed by atoms with Gasteiger partial charge in [0.05, 0.1) is 17.7 Å². The molecule has 0 aliphatic carbocycles. The van der Waals surface area contributed by atoms with Crippen LogP contribution in [0.2, 0.25) is 0 Å². The van der Waals surface area contributed by atoms with Crippen LogP contribution >= 0.6 is 0 Å². The van der Waals surface area contributed by atoms with Gasteiger partial charge in [0.25, 0.3) is 0 Å². The summed E-state index contributed by atoms with van der Waals surface area (Å²) in [5.41, 5.74) is 7.79. The number of hydrogen-bond donors (Lipinski definition) is 1. The summed E-state index contributed by atoms with van der Waals surface area (Å²) in [7, 11) is 0. The zero-order valence-electron chi connectivity index (χ0n) is 14.7. The molecular weight excluding hydrogens is 355 g/mol. The molecule has 0 bridgehead atoms. The van der Waals surface area contributed by atoms with Crippen molar-refractivity contribution in [3.63, 3.8) is 0 Å². The molecule has 4 rings (SSSR count). The largest absolute Gasteiger partial charge is 0.491 e. The molecule has 0 spiro atoms. The summed E-state index contributed by atoms with van der Waals surface area (Å²) in [5, 5.41) is 0. The van der Waals surface area contributed by atoms with Crippen LogP contribution in [0.5, 0.6) is 5.75 Å². The Hall–Kier alpha value is -2.54. The van der Waals surface area contributed by atoms with Crippen molar-refractivity contribution in [1.29, 1.82) is 0 Å². The number of aliphatic imine (C=N–C) groups is 1. The first-order chi connectivity index (χ1) is 12.9. The minimum absolute atomic E-state index is 0.124. The summed E-state index contributed by atoms with van der Waals surface area (Å²) in [4.78, 5) is 6.84. The number of amidine groups is 1. The first-order valence-electron chi connectivity index (χ1n) is 8.91. The third kappa shape index (κ3) is 3.64. The van der Waals surface area contributed by atoms with E-state index < -0.39 is 11.7 Å². The van der Waals surface area contributed by atoms with Crippen LogP contribution < -0.4 is 10.5 Å². The summed E-state index contributed by atoms with van der Waals surface area (Å²) in [6.45, 7) is 2.63. The molecule has 0 saturated carbocycles. The molecule has 1 saturated heterocycles. The third-order valence-electron chi connectivity index (χ3n) is 4.90. The second kappa shape index (κ2) is 6.88. The van der Waals surface area contributed by atoms with Gasteiger partial charge in [-0.3, -0.25) is 4.99 Å². The average Bonchev–Trinajstić information content (AvgIpc) is 2.96. The fraction of sp³-hybridized carbons (Fsp3) is 0.350. The molecule has 7 heteroatoms. The van der Waals surface area contributed by atoms with Crippen LogP contribution in [0.1, 0.15) is 17.5 Å². The van der Waals surface area contributed by atoms with Crippen LogP contribution in [0.15, 0.2) is 47.5 Å². The normalized spacial score (nSPS) is 19.9. The third-order valence-corrected chi connectivity index (χ3v) is 4.90. The second-order valence-corrected chi connectivity index (χ2v) is 6.83. The van der Waals surface area contributed by atoms with E-state index in [4.69, 9.17) is 10.5 Å². The Morgan fingerprint density at radius 1 is 1.07 bits per heavy atom. The number of halogens is 3. The molecule has 2 heterocycles. The van der Waals surface area contributed by atoms with E-state index in [-0.39, 0.29) is 6.04 Å². The highest BCUT2D eigenvalue weighted by atomic mass is 19.4. The molecule has 142 valence electrons. The predicted molar refractivity (Wildman–Crippen MR) is 97.9 cm³/mol. The summed E-state index contributed by atoms with van der Waals surface area (Å²) >= 11 is 0. The van der Waals surface area contributed by atoms with Crippen molar-refractivity contribution in [2.24, 2.45) is 10.7 Å². The minimum atomic E-state index is -4.34. The maximum Gasteiger partial charge on any atom is 0.416 e. The maximum absolute atomic E-state index is 12.8. The monoisotopic (exact) mass is 375 g/mol. The standard InChI is InChI=1S/C20H20F3N3O/c21-20(22,23)15-4-1-13(2-5-15)14-3-6-18-17(11-14)19(25-8-10-27-18)26-9-7-16(24)12-26/h1-6,11,16H,7-10,12,24H2/t16-/m1/s1. The van der Waals surface area contributed by atoms with Crippen molar-refractivity contribution in [3.8, 4) is 16.9 Å². The second-order valence-electron chi connectivity index (χ2n) is 6.83. The maximum atomic E-state index is 12.8. The van der Waals surface area contributed by atoms with Crippen molar-refractivity contribution in [1.82, 2.24) is 4.90 Å². The Bertz CT molecular complexity index is 862. The average molecular weight is 375 g/mol. The molecule has 2 aliphatic heterocycles. The molecule has 2 aromatic rings. The van der Waals surface area contributed by atoms with Crippen LogP contribution in [-0.2, 0) is 6.18 Å². The van der Waals surface area contributed by atoms with Crippen molar-refractivity contribution in [2.75, 3.05) is 26.2 Å². The number of rotatable bonds is 1. The van der Waals surface area contributed by atoms with Gasteiger partial charge in [-0.25, -0.2) is 0 Å². The van der Waals surface area contributed by atoms with Gasteiger partial charge in [0, 0.05) is 19.1 Å². The quantitative estimate of drug-likeness (QED) is 0.829. The lowest BCUT2D eigenvalue weighted by molar-refractivity contribution is -0.137. The van der Waals surface area contributed by atoms with Crippen LogP contribution in [0.3, 0.4) is 0 Å². The number of nitrogens with zero attached hydrogens (tertiary/aromatic N) is 2. The Morgan fingerprint density at radius 3 is 2.48 bits per heavy atom. The van der Waals surface area contributed by atoms with Crippen molar-refractivity contribution in [3.05, 3.63) is 53.6 Å². The van der Waals surface area contributed by atoms with Gasteiger partial charge in [0.15, 0.2) is 0 Å². The van der Waals surface area contributed by atoms with Gasteiger partial charge in [-0.2, -0.15) is 13.2 Å². The molecule has 2 N–H and O–H groups in total. The molecule has 0 amide bonds. The minimum Gasteiger partial charge on any atom is -0.491 e. The fourth-order valence-corrected chi connectivity index (χ4v) is 3.50. The number of benzene rings is 2. The highest BCUT2D eigenvalue weighted by molar-refractivity contribution is 6.02. The van der Waals surface area contributed by atoms with Crippen molar-refractivity contribution >= 4 is 5.84 Å². The molecule has 27 heavy (non-hydrogen) atoms. The van der Waals surface area contributed by atoms with Gasteiger partial charge in [-0.1, -0.05) is 18.2 Å². The Labute approximate surface area is 155 Å². The lowest BCUT2D eigenvalue weighted by Gasteiger charge is -2.21. The van der Waals surface area contributed by atoms with Gasteiger partial charge >= 0.3 is 6.18 Å². The summed E-state index contributed by atoms with van der Waals surface area (Å²) in [6.07, 6.45) is -3.43. The van der Waals surface area contributed by atoms with E-state index in [9.17, 15) is 13.2 Å². The first kappa shape index (κ1) is 17.9. The van der Waals surface area contributed by atoms with Gasteiger partial charge in [0.1, 0.15) is 18.2 Å². The van der Waals surface area contributed by atoms with Gasteiger partial charge in [0.2, 0.25) is 0 Å². The number of ether oxygens (including phenoxy) is 1. The van der Waals surface area contributed by atoms with E-state index in [0.717, 1.165) is 54.4 Å². The number of nitrogens with two attached hydrogens (primary N) is 1. The predicted octanol–water partition coefficient (Wildman–Crippen LogP) is 3.54. The smallest absolute Gasteiger partial charge is 0.416 e. The van der Waals surface area contributed by atoms with E-state index in [0.29, 0.717) is 18.7 Å². The number of likely N-dealkylation sites (tertiary alicyclic amines) is 1. The van der Waals surface area contributed by atoms with Crippen LogP contribution in [-0.4, -0.2) is 43.0 Å². The summed E-state index contributed by atoms with van der Waals surface area (Å²) < 4.78 is 44.2. The number of fused-ring (bicyclic) bond motifs is 1. The molecule has 4 nitrogen and oxygen atoms in total. The van der Waals surface area contributed by atoms with E-state index in [2.05, 4.69) is 9.89 Å². The van der Waals surface area contributed by atoms with Gasteiger partial charge in [-0.05, 0) is 41.8 Å². The molecule has 0 unspecified atom stereocenters. The Kier molecular flexibility index (Phi) is 4.55. The molecule has 0 radical (unpaired) electrons. The fourth-order valence-electron chi connectivity index (χ4n) is 3.50. The Morgan fingerprint density at radius 2 is 1.81 bits per heavy atom. The lowest BCUT2D eigenvalue weighted by Crippen LogP contribution is -2.32. The molecule has 1 atom stereocenters. The highest BCUT2D eigenvalue weighted by Gasteiger charge is 2.30. The molecular formula is C20H20F3N3O. The zero-order valence-corrected chi connectivity index (χ0v) is 14.7. The van der Waals surface area contributed by atoms with E-state index in [1.165, 1.54) is 12.1 Å². The van der Waals surface area contributed by atoms with E-state index in [1.807, 2.05) is 18.2 Å². The molecule has 1 fully saturated rings. The first-order valence-corrected chi connectivity index (χ1v) is 8.91. The summed E-state index contributed by atoms with van der Waals surface area (Å²) in [6, 6.07) is 11.0. The highest BCUT2D eigenvalue weighted by Crippen LogP contribution is 2.33. The molecule has 2 aromatic carbocycles. The topological polar surface area (TPSA) is 50.8 Å². The van der Waals surface area contributed by atoms with E-state index in [1.54, 1.807) is 0 Å². The van der Waals surface area contributed by atoms with Gasteiger partial charge < -0.3 is 15.4 Å². The summed E-state index contributed by atoms with van der Waals surface area (Å²) in [5.74, 6) is 1.59. The van der Waals surface area contributed by atoms with Crippen molar-refractivity contribution < 1.29 is 17.9 Å². The molecule has 2 aliphatic rings. The van der Waals surface area contributed by atoms with Crippen molar-refractivity contribution in [2.45, 2.75) is 18.6 Å². The lowest BCUT2D eigenvalue weighted by atomic mass is 10.00. The molecule has 0 aromatic heterocycles. The SMILES string of the molecule is N[C@@H]1CCN(C2=NCCOc3ccc(-c4ccc(C(F)(F)F)cc4)cc32)C1. The number of hydrogen-bond acceptors (Lipinski definition) is 4. The van der Waals surface area contributed by atoms with E-state index >= 15 is 0 Å². The van der Waals surface area contributed by atoms with Gasteiger partial charge in [-0.15, -0.1) is 0 Å². The number of alkyl halides is 3. The van der Waals surface area contributed by atoms with Crippen LogP contribution in [0, 0.1) is 0 Å². The van der Waals surface area contributed by atoms with Crippen LogP contribution in [0.4, 0.5) is 13.2 Å². The zero-order chi connectivity index (χ0) is 19.0. The van der Waals surface area contributed by atoms with Crippen LogP contribution in [0.25, 0.3) is 11.1 Å². The Balaban J connectivity index is 1.70.